The first-order valence-corrected chi connectivity index (χ1v) is 9.73. The van der Waals surface area contributed by atoms with Crippen LogP contribution < -0.4 is 9.47 Å². The molecule has 0 fully saturated rings. The molecule has 0 radical (unpaired) electrons. The van der Waals surface area contributed by atoms with Crippen molar-refractivity contribution in [3.05, 3.63) is 84.2 Å². The van der Waals surface area contributed by atoms with Crippen LogP contribution >= 0.6 is 0 Å². The standard InChI is InChI=1S/C24H23NO5/c1-2-28-20-11-9-18(10-12-20)22(26)13-14-24(27)29-17-19-6-3-4-8-23(19)30-21-7-5-15-25-16-21/h3-12,15-16H,2,13-14,17H2,1H3. The van der Waals surface area contributed by atoms with Gasteiger partial charge in [-0.3, -0.25) is 14.6 Å². The summed E-state index contributed by atoms with van der Waals surface area (Å²) in [6, 6.07) is 17.8. The quantitative estimate of drug-likeness (QED) is 0.350. The Morgan fingerprint density at radius 3 is 2.43 bits per heavy atom. The van der Waals surface area contributed by atoms with Crippen LogP contribution in [0.5, 0.6) is 17.2 Å². The molecule has 0 saturated carbocycles. The van der Waals surface area contributed by atoms with Crippen LogP contribution in [0.1, 0.15) is 35.7 Å². The van der Waals surface area contributed by atoms with Crippen LogP contribution in [-0.2, 0) is 16.1 Å². The molecule has 0 amide bonds. The van der Waals surface area contributed by atoms with Crippen LogP contribution in [0.4, 0.5) is 0 Å². The van der Waals surface area contributed by atoms with E-state index in [1.54, 1.807) is 54.9 Å². The molecule has 1 aromatic heterocycles. The molecule has 0 aliphatic carbocycles. The highest BCUT2D eigenvalue weighted by molar-refractivity contribution is 5.97. The molecular formula is C24H23NO5. The van der Waals surface area contributed by atoms with E-state index >= 15 is 0 Å². The maximum absolute atomic E-state index is 12.3. The monoisotopic (exact) mass is 405 g/mol. The Labute approximate surface area is 175 Å². The van der Waals surface area contributed by atoms with Crippen LogP contribution in [0.25, 0.3) is 0 Å². The van der Waals surface area contributed by atoms with Crippen molar-refractivity contribution in [3.8, 4) is 17.2 Å². The van der Waals surface area contributed by atoms with E-state index in [2.05, 4.69) is 4.98 Å². The van der Waals surface area contributed by atoms with Gasteiger partial charge in [0, 0.05) is 23.7 Å². The van der Waals surface area contributed by atoms with E-state index in [4.69, 9.17) is 14.2 Å². The summed E-state index contributed by atoms with van der Waals surface area (Å²) in [7, 11) is 0. The van der Waals surface area contributed by atoms with Crippen LogP contribution in [0, 0.1) is 0 Å². The van der Waals surface area contributed by atoms with Crippen molar-refractivity contribution in [2.45, 2.75) is 26.4 Å². The Morgan fingerprint density at radius 2 is 1.70 bits per heavy atom. The highest BCUT2D eigenvalue weighted by atomic mass is 16.5. The number of benzene rings is 2. The molecule has 30 heavy (non-hydrogen) atoms. The highest BCUT2D eigenvalue weighted by Gasteiger charge is 2.12. The van der Waals surface area contributed by atoms with Gasteiger partial charge in [0.25, 0.3) is 0 Å². The van der Waals surface area contributed by atoms with Gasteiger partial charge >= 0.3 is 5.97 Å². The number of rotatable bonds is 10. The minimum absolute atomic E-state index is 0.0116. The van der Waals surface area contributed by atoms with Gasteiger partial charge in [0.05, 0.1) is 19.2 Å². The molecule has 2 aromatic carbocycles. The Balaban J connectivity index is 1.49. The molecule has 3 aromatic rings. The SMILES string of the molecule is CCOc1ccc(C(=O)CCC(=O)OCc2ccccc2Oc2cccnc2)cc1. The number of aromatic nitrogens is 1. The lowest BCUT2D eigenvalue weighted by atomic mass is 10.1. The van der Waals surface area contributed by atoms with Crippen molar-refractivity contribution in [1.29, 1.82) is 0 Å². The van der Waals surface area contributed by atoms with E-state index in [9.17, 15) is 9.59 Å². The third kappa shape index (κ3) is 6.17. The highest BCUT2D eigenvalue weighted by Crippen LogP contribution is 2.25. The summed E-state index contributed by atoms with van der Waals surface area (Å²) in [4.78, 5) is 28.4. The molecule has 6 heteroatoms. The minimum Gasteiger partial charge on any atom is -0.494 e. The molecule has 0 unspecified atom stereocenters. The molecule has 0 atom stereocenters. The van der Waals surface area contributed by atoms with Gasteiger partial charge in [0.2, 0.25) is 0 Å². The molecule has 1 heterocycles. The predicted molar refractivity (Wildman–Crippen MR) is 112 cm³/mol. The number of hydrogen-bond acceptors (Lipinski definition) is 6. The Morgan fingerprint density at radius 1 is 0.900 bits per heavy atom. The fraction of sp³-hybridized carbons (Fsp3) is 0.208. The zero-order valence-electron chi connectivity index (χ0n) is 16.7. The third-order valence-electron chi connectivity index (χ3n) is 4.27. The number of esters is 1. The van der Waals surface area contributed by atoms with E-state index in [-0.39, 0.29) is 25.2 Å². The number of ketones is 1. The second-order valence-electron chi connectivity index (χ2n) is 6.44. The number of carbonyl (C=O) groups is 2. The first-order valence-electron chi connectivity index (χ1n) is 9.73. The second kappa shape index (κ2) is 10.8. The van der Waals surface area contributed by atoms with Gasteiger partial charge < -0.3 is 14.2 Å². The van der Waals surface area contributed by atoms with E-state index < -0.39 is 5.97 Å². The van der Waals surface area contributed by atoms with Crippen molar-refractivity contribution in [1.82, 2.24) is 4.98 Å². The van der Waals surface area contributed by atoms with Crippen LogP contribution in [0.15, 0.2) is 73.1 Å². The van der Waals surface area contributed by atoms with Crippen LogP contribution in [0.3, 0.4) is 0 Å². The van der Waals surface area contributed by atoms with Gasteiger partial charge in [0.1, 0.15) is 23.9 Å². The summed E-state index contributed by atoms with van der Waals surface area (Å²) in [6.45, 7) is 2.52. The van der Waals surface area contributed by atoms with Crippen molar-refractivity contribution in [3.63, 3.8) is 0 Å². The van der Waals surface area contributed by atoms with Gasteiger partial charge in [-0.05, 0) is 49.4 Å². The first-order chi connectivity index (χ1) is 14.7. The lowest BCUT2D eigenvalue weighted by Crippen LogP contribution is -2.08. The summed E-state index contributed by atoms with van der Waals surface area (Å²) in [6.07, 6.45) is 3.36. The fourth-order valence-corrected chi connectivity index (χ4v) is 2.75. The topological polar surface area (TPSA) is 74.7 Å². The Hall–Kier alpha value is -3.67. The summed E-state index contributed by atoms with van der Waals surface area (Å²) in [5.74, 6) is 1.34. The van der Waals surface area contributed by atoms with Gasteiger partial charge in [-0.2, -0.15) is 0 Å². The van der Waals surface area contributed by atoms with Gasteiger partial charge in [-0.25, -0.2) is 0 Å². The number of Topliss-reactive ketones (excluding diaryl/α,β-unsaturated/α-hetero) is 1. The molecular weight excluding hydrogens is 382 g/mol. The Bertz CT molecular complexity index is 970. The summed E-state index contributed by atoms with van der Waals surface area (Å²) in [5.41, 5.74) is 1.27. The molecule has 6 nitrogen and oxygen atoms in total. The maximum Gasteiger partial charge on any atom is 0.306 e. The second-order valence-corrected chi connectivity index (χ2v) is 6.44. The average molecular weight is 405 g/mol. The van der Waals surface area contributed by atoms with Crippen LogP contribution in [-0.4, -0.2) is 23.3 Å². The lowest BCUT2D eigenvalue weighted by molar-refractivity contribution is -0.144. The predicted octanol–water partition coefficient (Wildman–Crippen LogP) is 4.98. The molecule has 0 spiro atoms. The summed E-state index contributed by atoms with van der Waals surface area (Å²) in [5, 5.41) is 0. The van der Waals surface area contributed by atoms with E-state index in [0.717, 1.165) is 5.56 Å². The number of para-hydroxylation sites is 1. The number of hydrogen-bond donors (Lipinski definition) is 0. The van der Waals surface area contributed by atoms with E-state index in [1.165, 1.54) is 0 Å². The zero-order chi connectivity index (χ0) is 21.2. The molecule has 0 N–H and O–H groups in total. The first kappa shape index (κ1) is 21.0. The van der Waals surface area contributed by atoms with E-state index in [0.29, 0.717) is 29.4 Å². The maximum atomic E-state index is 12.3. The molecule has 0 aliphatic rings. The molecule has 3 rings (SSSR count). The zero-order valence-corrected chi connectivity index (χ0v) is 16.7. The minimum atomic E-state index is -0.439. The number of ether oxygens (including phenoxy) is 3. The summed E-state index contributed by atoms with van der Waals surface area (Å²) >= 11 is 0. The summed E-state index contributed by atoms with van der Waals surface area (Å²) < 4.78 is 16.5. The smallest absolute Gasteiger partial charge is 0.306 e. The Kier molecular flexibility index (Phi) is 7.55. The fourth-order valence-electron chi connectivity index (χ4n) is 2.75. The molecule has 154 valence electrons. The van der Waals surface area contributed by atoms with Crippen LogP contribution in [0.2, 0.25) is 0 Å². The van der Waals surface area contributed by atoms with E-state index in [1.807, 2.05) is 25.1 Å². The normalized spacial score (nSPS) is 10.3. The van der Waals surface area contributed by atoms with Crippen molar-refractivity contribution >= 4 is 11.8 Å². The number of carbonyl (C=O) groups excluding carboxylic acids is 2. The molecule has 0 bridgehead atoms. The third-order valence-corrected chi connectivity index (χ3v) is 4.27. The lowest BCUT2D eigenvalue weighted by Gasteiger charge is -2.11. The average Bonchev–Trinajstić information content (AvgIpc) is 2.78. The van der Waals surface area contributed by atoms with Crippen molar-refractivity contribution in [2.24, 2.45) is 0 Å². The van der Waals surface area contributed by atoms with Gasteiger partial charge in [-0.15, -0.1) is 0 Å². The number of pyridine rings is 1. The van der Waals surface area contributed by atoms with Crippen molar-refractivity contribution < 1.29 is 23.8 Å². The molecule has 0 saturated heterocycles. The van der Waals surface area contributed by atoms with Crippen molar-refractivity contribution in [2.75, 3.05) is 6.61 Å². The molecule has 0 aliphatic heterocycles. The number of nitrogens with zero attached hydrogens (tertiary/aromatic N) is 1. The van der Waals surface area contributed by atoms with Gasteiger partial charge in [-0.1, -0.05) is 18.2 Å². The van der Waals surface area contributed by atoms with Gasteiger partial charge in [0.15, 0.2) is 5.78 Å². The largest absolute Gasteiger partial charge is 0.494 e.